The highest BCUT2D eigenvalue weighted by atomic mass is 79.9. The zero-order chi connectivity index (χ0) is 11.5. The summed E-state index contributed by atoms with van der Waals surface area (Å²) in [5.41, 5.74) is 1.15. The zero-order valence-corrected chi connectivity index (χ0v) is 9.68. The molecule has 0 aliphatic heterocycles. The van der Waals surface area contributed by atoms with Crippen LogP contribution in [0.15, 0.2) is 34.9 Å². The van der Waals surface area contributed by atoms with Gasteiger partial charge in [-0.25, -0.2) is 0 Å². The van der Waals surface area contributed by atoms with Gasteiger partial charge in [-0.3, -0.25) is 10.1 Å². The number of hydrogen-bond donors (Lipinski definition) is 0. The number of rotatable bonds is 3. The first kappa shape index (κ1) is 10.8. The molecule has 0 unspecified atom stereocenters. The minimum Gasteiger partial charge on any atom is -0.356 e. The van der Waals surface area contributed by atoms with Gasteiger partial charge in [0, 0.05) is 17.5 Å². The summed E-state index contributed by atoms with van der Waals surface area (Å²) in [6.07, 6.45) is 0. The molecule has 5 nitrogen and oxygen atoms in total. The standard InChI is InChI=1S/C10H7BrN2O3/c11-6-7-5-10(16-12-7)8-3-1-2-4-9(8)13(14)15/h1-5H,6H2. The smallest absolute Gasteiger partial charge is 0.280 e. The van der Waals surface area contributed by atoms with Crippen LogP contribution in [0.4, 0.5) is 5.69 Å². The SMILES string of the molecule is O=[N+]([O-])c1ccccc1-c1cc(CBr)no1. The van der Waals surface area contributed by atoms with Crippen molar-refractivity contribution in [1.29, 1.82) is 0 Å². The maximum atomic E-state index is 10.8. The van der Waals surface area contributed by atoms with Crippen LogP contribution >= 0.6 is 15.9 Å². The lowest BCUT2D eigenvalue weighted by Crippen LogP contribution is -1.90. The molecule has 0 saturated carbocycles. The molecule has 0 aliphatic rings. The number of para-hydroxylation sites is 1. The highest BCUT2D eigenvalue weighted by Gasteiger charge is 2.17. The van der Waals surface area contributed by atoms with Crippen LogP contribution in [0.3, 0.4) is 0 Å². The molecule has 0 aliphatic carbocycles. The van der Waals surface area contributed by atoms with Crippen LogP contribution in [0.1, 0.15) is 5.69 Å². The quantitative estimate of drug-likeness (QED) is 0.493. The number of halogens is 1. The first-order valence-electron chi connectivity index (χ1n) is 4.47. The first-order valence-corrected chi connectivity index (χ1v) is 5.60. The molecule has 82 valence electrons. The van der Waals surface area contributed by atoms with Gasteiger partial charge in [-0.1, -0.05) is 33.2 Å². The number of nitrogens with zero attached hydrogens (tertiary/aromatic N) is 2. The lowest BCUT2D eigenvalue weighted by Gasteiger charge is -1.96. The van der Waals surface area contributed by atoms with Crippen LogP contribution in [0, 0.1) is 10.1 Å². The monoisotopic (exact) mass is 282 g/mol. The van der Waals surface area contributed by atoms with Gasteiger partial charge in [0.25, 0.3) is 5.69 Å². The number of benzene rings is 1. The molecule has 0 spiro atoms. The van der Waals surface area contributed by atoms with E-state index in [0.29, 0.717) is 22.3 Å². The van der Waals surface area contributed by atoms with Gasteiger partial charge < -0.3 is 4.52 Å². The minimum absolute atomic E-state index is 0.0137. The van der Waals surface area contributed by atoms with Crippen LogP contribution in [0.25, 0.3) is 11.3 Å². The van der Waals surface area contributed by atoms with Gasteiger partial charge in [0.05, 0.1) is 16.2 Å². The van der Waals surface area contributed by atoms with E-state index < -0.39 is 4.92 Å². The van der Waals surface area contributed by atoms with Gasteiger partial charge >= 0.3 is 0 Å². The summed E-state index contributed by atoms with van der Waals surface area (Å²) in [5, 5.41) is 15.1. The number of hydrogen-bond acceptors (Lipinski definition) is 4. The van der Waals surface area contributed by atoms with Crippen LogP contribution in [-0.4, -0.2) is 10.1 Å². The van der Waals surface area contributed by atoms with E-state index in [2.05, 4.69) is 21.1 Å². The third kappa shape index (κ3) is 1.96. The van der Waals surface area contributed by atoms with E-state index in [0.717, 1.165) is 0 Å². The van der Waals surface area contributed by atoms with Crippen molar-refractivity contribution >= 4 is 21.6 Å². The fraction of sp³-hybridized carbons (Fsp3) is 0.100. The van der Waals surface area contributed by atoms with Crippen molar-refractivity contribution in [2.75, 3.05) is 0 Å². The van der Waals surface area contributed by atoms with Gasteiger partial charge in [-0.2, -0.15) is 0 Å². The third-order valence-electron chi connectivity index (χ3n) is 2.06. The summed E-state index contributed by atoms with van der Waals surface area (Å²) < 4.78 is 5.05. The summed E-state index contributed by atoms with van der Waals surface area (Å²) >= 11 is 3.23. The van der Waals surface area contributed by atoms with E-state index >= 15 is 0 Å². The van der Waals surface area contributed by atoms with E-state index in [4.69, 9.17) is 4.52 Å². The maximum Gasteiger partial charge on any atom is 0.280 e. The number of nitro groups is 1. The van der Waals surface area contributed by atoms with Crippen LogP contribution in [0.5, 0.6) is 0 Å². The molecule has 2 aromatic rings. The average molecular weight is 283 g/mol. The van der Waals surface area contributed by atoms with Gasteiger partial charge in [-0.15, -0.1) is 0 Å². The van der Waals surface area contributed by atoms with E-state index in [-0.39, 0.29) is 5.69 Å². The Labute approximate surface area is 99.3 Å². The van der Waals surface area contributed by atoms with Crippen molar-refractivity contribution in [3.05, 3.63) is 46.1 Å². The second-order valence-corrected chi connectivity index (χ2v) is 3.65. The van der Waals surface area contributed by atoms with Gasteiger partial charge in [-0.05, 0) is 6.07 Å². The fourth-order valence-electron chi connectivity index (χ4n) is 1.34. The maximum absolute atomic E-state index is 10.8. The largest absolute Gasteiger partial charge is 0.356 e. The van der Waals surface area contributed by atoms with Gasteiger partial charge in [0.15, 0.2) is 5.76 Å². The molecule has 0 atom stereocenters. The lowest BCUT2D eigenvalue weighted by atomic mass is 10.1. The summed E-state index contributed by atoms with van der Waals surface area (Å²) in [7, 11) is 0. The summed E-state index contributed by atoms with van der Waals surface area (Å²) in [4.78, 5) is 10.4. The molecule has 0 N–H and O–H groups in total. The Kier molecular flexibility index (Phi) is 3.00. The second kappa shape index (κ2) is 4.44. The van der Waals surface area contributed by atoms with Crippen molar-refractivity contribution < 1.29 is 9.45 Å². The fourth-order valence-corrected chi connectivity index (χ4v) is 1.61. The predicted octanol–water partition coefficient (Wildman–Crippen LogP) is 3.14. The zero-order valence-electron chi connectivity index (χ0n) is 8.09. The van der Waals surface area contributed by atoms with E-state index in [1.54, 1.807) is 24.3 Å². The molecule has 1 heterocycles. The minimum atomic E-state index is -0.439. The third-order valence-corrected chi connectivity index (χ3v) is 2.64. The first-order chi connectivity index (χ1) is 7.72. The van der Waals surface area contributed by atoms with Gasteiger partial charge in [0.1, 0.15) is 0 Å². The topological polar surface area (TPSA) is 69.2 Å². The molecule has 0 bridgehead atoms. The van der Waals surface area contributed by atoms with Crippen molar-refractivity contribution in [2.24, 2.45) is 0 Å². The average Bonchev–Trinajstić information content (AvgIpc) is 2.77. The number of aromatic nitrogens is 1. The Morgan fingerprint density at radius 1 is 1.44 bits per heavy atom. The van der Waals surface area contributed by atoms with Crippen molar-refractivity contribution in [3.8, 4) is 11.3 Å². The number of nitro benzene ring substituents is 1. The molecule has 16 heavy (non-hydrogen) atoms. The molecular formula is C10H7BrN2O3. The second-order valence-electron chi connectivity index (χ2n) is 3.09. The Hall–Kier alpha value is -1.69. The van der Waals surface area contributed by atoms with E-state index in [9.17, 15) is 10.1 Å². The van der Waals surface area contributed by atoms with E-state index in [1.807, 2.05) is 0 Å². The van der Waals surface area contributed by atoms with Crippen LogP contribution in [0.2, 0.25) is 0 Å². The van der Waals surface area contributed by atoms with Crippen molar-refractivity contribution in [1.82, 2.24) is 5.16 Å². The summed E-state index contributed by atoms with van der Waals surface area (Å²) in [6.45, 7) is 0. The van der Waals surface area contributed by atoms with Crippen molar-refractivity contribution in [2.45, 2.75) is 5.33 Å². The summed E-state index contributed by atoms with van der Waals surface area (Å²) in [6, 6.07) is 8.08. The Morgan fingerprint density at radius 3 is 2.81 bits per heavy atom. The molecule has 0 fully saturated rings. The Morgan fingerprint density at radius 2 is 2.19 bits per heavy atom. The molecule has 0 radical (unpaired) electrons. The van der Waals surface area contributed by atoms with E-state index in [1.165, 1.54) is 6.07 Å². The molecule has 1 aromatic heterocycles. The van der Waals surface area contributed by atoms with Crippen LogP contribution < -0.4 is 0 Å². The van der Waals surface area contributed by atoms with Crippen molar-refractivity contribution in [3.63, 3.8) is 0 Å². The lowest BCUT2D eigenvalue weighted by molar-refractivity contribution is -0.384. The molecule has 0 amide bonds. The van der Waals surface area contributed by atoms with Gasteiger partial charge in [0.2, 0.25) is 0 Å². The Bertz CT molecular complexity index is 524. The highest BCUT2D eigenvalue weighted by molar-refractivity contribution is 9.08. The van der Waals surface area contributed by atoms with Crippen LogP contribution in [-0.2, 0) is 5.33 Å². The summed E-state index contributed by atoms with van der Waals surface area (Å²) in [5.74, 6) is 0.404. The molecule has 0 saturated heterocycles. The molecule has 2 rings (SSSR count). The normalized spacial score (nSPS) is 10.3. The molecular weight excluding hydrogens is 276 g/mol. The predicted molar refractivity (Wildman–Crippen MR) is 61.2 cm³/mol. The molecule has 1 aromatic carbocycles. The Balaban J connectivity index is 2.50. The molecule has 6 heteroatoms. The highest BCUT2D eigenvalue weighted by Crippen LogP contribution is 2.30. The number of alkyl halides is 1.